The molecule has 0 saturated heterocycles. The Balaban J connectivity index is 2.40. The first-order valence-corrected chi connectivity index (χ1v) is 7.66. The molecule has 2 atom stereocenters. The molecule has 0 aliphatic heterocycles. The number of hydrogen-bond donors (Lipinski definition) is 2. The van der Waals surface area contributed by atoms with E-state index in [1.54, 1.807) is 6.92 Å². The summed E-state index contributed by atoms with van der Waals surface area (Å²) in [5.74, 6) is 0.839. The molecule has 112 valence electrons. The van der Waals surface area contributed by atoms with Gasteiger partial charge in [-0.2, -0.15) is 0 Å². The lowest BCUT2D eigenvalue weighted by molar-refractivity contribution is -0.127. The van der Waals surface area contributed by atoms with Crippen molar-refractivity contribution in [1.82, 2.24) is 5.32 Å². The number of carbonyl (C=O) groups excluding carboxylic acids is 1. The van der Waals surface area contributed by atoms with Gasteiger partial charge in [0.05, 0.1) is 0 Å². The van der Waals surface area contributed by atoms with Gasteiger partial charge in [-0.1, -0.05) is 29.3 Å². The van der Waals surface area contributed by atoms with E-state index < -0.39 is 6.10 Å². The Kier molecular flexibility index (Phi) is 7.62. The number of aliphatic hydroxyl groups is 1. The predicted molar refractivity (Wildman–Crippen MR) is 82.7 cm³/mol. The summed E-state index contributed by atoms with van der Waals surface area (Å²) < 4.78 is 6.54. The van der Waals surface area contributed by atoms with Gasteiger partial charge in [-0.05, 0) is 43.5 Å². The number of amides is 1. The monoisotopic (exact) mass is 343 g/mol. The molecule has 1 aromatic carbocycles. The SMILES string of the molecule is CCC(CCO)CNC(=O)C(C)Oc1ccc(Br)cc1. The summed E-state index contributed by atoms with van der Waals surface area (Å²) in [6.07, 6.45) is 1.10. The summed E-state index contributed by atoms with van der Waals surface area (Å²) in [5.41, 5.74) is 0. The number of rotatable bonds is 8. The van der Waals surface area contributed by atoms with Gasteiger partial charge in [0.25, 0.3) is 5.91 Å². The van der Waals surface area contributed by atoms with Crippen molar-refractivity contribution in [2.75, 3.05) is 13.2 Å². The molecule has 0 bridgehead atoms. The second kappa shape index (κ2) is 8.97. The first-order valence-electron chi connectivity index (χ1n) is 6.87. The molecule has 0 saturated carbocycles. The topological polar surface area (TPSA) is 58.6 Å². The highest BCUT2D eigenvalue weighted by Gasteiger charge is 2.16. The predicted octanol–water partition coefficient (Wildman–Crippen LogP) is 2.74. The van der Waals surface area contributed by atoms with Gasteiger partial charge in [0, 0.05) is 17.6 Å². The lowest BCUT2D eigenvalue weighted by Gasteiger charge is -2.18. The van der Waals surface area contributed by atoms with Gasteiger partial charge >= 0.3 is 0 Å². The zero-order valence-corrected chi connectivity index (χ0v) is 13.5. The summed E-state index contributed by atoms with van der Waals surface area (Å²) in [4.78, 5) is 11.9. The molecule has 1 rings (SSSR count). The maximum Gasteiger partial charge on any atom is 0.260 e. The van der Waals surface area contributed by atoms with E-state index in [-0.39, 0.29) is 12.5 Å². The van der Waals surface area contributed by atoms with Gasteiger partial charge < -0.3 is 15.2 Å². The second-order valence-electron chi connectivity index (χ2n) is 4.75. The number of carbonyl (C=O) groups is 1. The number of halogens is 1. The fraction of sp³-hybridized carbons (Fsp3) is 0.533. The molecule has 0 spiro atoms. The third kappa shape index (κ3) is 5.92. The highest BCUT2D eigenvalue weighted by atomic mass is 79.9. The van der Waals surface area contributed by atoms with Crippen molar-refractivity contribution in [2.24, 2.45) is 5.92 Å². The van der Waals surface area contributed by atoms with E-state index in [4.69, 9.17) is 9.84 Å². The number of ether oxygens (including phenoxy) is 1. The molecular weight excluding hydrogens is 322 g/mol. The number of nitrogens with one attached hydrogen (secondary N) is 1. The van der Waals surface area contributed by atoms with Crippen molar-refractivity contribution >= 4 is 21.8 Å². The van der Waals surface area contributed by atoms with Crippen LogP contribution in [0.1, 0.15) is 26.7 Å². The summed E-state index contributed by atoms with van der Waals surface area (Å²) in [7, 11) is 0. The van der Waals surface area contributed by atoms with Crippen LogP contribution in [0.4, 0.5) is 0 Å². The van der Waals surface area contributed by atoms with Gasteiger partial charge in [-0.3, -0.25) is 4.79 Å². The van der Waals surface area contributed by atoms with E-state index in [9.17, 15) is 4.79 Å². The summed E-state index contributed by atoms with van der Waals surface area (Å²) in [5, 5.41) is 11.8. The van der Waals surface area contributed by atoms with Gasteiger partial charge in [-0.25, -0.2) is 0 Å². The van der Waals surface area contributed by atoms with Crippen molar-refractivity contribution in [3.8, 4) is 5.75 Å². The minimum absolute atomic E-state index is 0.135. The van der Waals surface area contributed by atoms with Crippen LogP contribution >= 0.6 is 15.9 Å². The van der Waals surface area contributed by atoms with E-state index in [1.807, 2.05) is 31.2 Å². The molecular formula is C15H22BrNO3. The normalized spacial score (nSPS) is 13.6. The van der Waals surface area contributed by atoms with Crippen LogP contribution < -0.4 is 10.1 Å². The van der Waals surface area contributed by atoms with E-state index in [2.05, 4.69) is 21.2 Å². The Morgan fingerprint density at radius 1 is 1.40 bits per heavy atom. The zero-order chi connectivity index (χ0) is 15.0. The molecule has 5 heteroatoms. The van der Waals surface area contributed by atoms with E-state index in [1.165, 1.54) is 0 Å². The van der Waals surface area contributed by atoms with E-state index >= 15 is 0 Å². The number of aliphatic hydroxyl groups excluding tert-OH is 1. The van der Waals surface area contributed by atoms with Gasteiger partial charge in [-0.15, -0.1) is 0 Å². The first-order chi connectivity index (χ1) is 9.56. The average molecular weight is 344 g/mol. The molecule has 0 aliphatic carbocycles. The van der Waals surface area contributed by atoms with Crippen LogP contribution in [0, 0.1) is 5.92 Å². The molecule has 20 heavy (non-hydrogen) atoms. The molecule has 1 amide bonds. The second-order valence-corrected chi connectivity index (χ2v) is 5.66. The molecule has 0 fully saturated rings. The quantitative estimate of drug-likeness (QED) is 0.762. The average Bonchev–Trinajstić information content (AvgIpc) is 2.45. The number of hydrogen-bond acceptors (Lipinski definition) is 3. The fourth-order valence-electron chi connectivity index (χ4n) is 1.79. The standard InChI is InChI=1S/C15H22BrNO3/c1-3-12(8-9-18)10-17-15(19)11(2)20-14-6-4-13(16)5-7-14/h4-7,11-12,18H,3,8-10H2,1-2H3,(H,17,19). The molecule has 0 aliphatic rings. The highest BCUT2D eigenvalue weighted by molar-refractivity contribution is 9.10. The fourth-order valence-corrected chi connectivity index (χ4v) is 2.06. The summed E-state index contributed by atoms with van der Waals surface area (Å²) in [6, 6.07) is 7.37. The molecule has 0 radical (unpaired) electrons. The van der Waals surface area contributed by atoms with Crippen LogP contribution in [-0.2, 0) is 4.79 Å². The Bertz CT molecular complexity index is 408. The summed E-state index contributed by atoms with van der Waals surface area (Å²) >= 11 is 3.35. The van der Waals surface area contributed by atoms with Gasteiger partial charge in [0.1, 0.15) is 5.75 Å². The molecule has 1 aromatic rings. The largest absolute Gasteiger partial charge is 0.481 e. The molecule has 0 heterocycles. The first kappa shape index (κ1) is 17.0. The zero-order valence-electron chi connectivity index (χ0n) is 11.9. The Hall–Kier alpha value is -1.07. The highest BCUT2D eigenvalue weighted by Crippen LogP contribution is 2.17. The van der Waals surface area contributed by atoms with Crippen molar-refractivity contribution in [3.63, 3.8) is 0 Å². The molecule has 2 unspecified atom stereocenters. The van der Waals surface area contributed by atoms with Crippen molar-refractivity contribution in [1.29, 1.82) is 0 Å². The van der Waals surface area contributed by atoms with E-state index in [0.717, 1.165) is 10.9 Å². The Morgan fingerprint density at radius 2 is 2.05 bits per heavy atom. The molecule has 2 N–H and O–H groups in total. The lowest BCUT2D eigenvalue weighted by atomic mass is 10.0. The number of benzene rings is 1. The van der Waals surface area contributed by atoms with E-state index in [0.29, 0.717) is 24.6 Å². The van der Waals surface area contributed by atoms with Gasteiger partial charge in [0.2, 0.25) is 0 Å². The molecule has 0 aromatic heterocycles. The van der Waals surface area contributed by atoms with Crippen LogP contribution in [0.5, 0.6) is 5.75 Å². The third-order valence-corrected chi connectivity index (χ3v) is 3.70. The summed E-state index contributed by atoms with van der Waals surface area (Å²) in [6.45, 7) is 4.50. The van der Waals surface area contributed by atoms with Crippen LogP contribution in [0.25, 0.3) is 0 Å². The van der Waals surface area contributed by atoms with Crippen molar-refractivity contribution < 1.29 is 14.6 Å². The van der Waals surface area contributed by atoms with Gasteiger partial charge in [0.15, 0.2) is 6.10 Å². The van der Waals surface area contributed by atoms with Crippen LogP contribution in [0.3, 0.4) is 0 Å². The Labute approximate surface area is 128 Å². The van der Waals surface area contributed by atoms with Crippen LogP contribution in [-0.4, -0.2) is 30.3 Å². The minimum atomic E-state index is -0.539. The Morgan fingerprint density at radius 3 is 2.60 bits per heavy atom. The van der Waals surface area contributed by atoms with Crippen molar-refractivity contribution in [3.05, 3.63) is 28.7 Å². The lowest BCUT2D eigenvalue weighted by Crippen LogP contribution is -2.39. The maximum atomic E-state index is 11.9. The third-order valence-electron chi connectivity index (χ3n) is 3.18. The van der Waals surface area contributed by atoms with Crippen molar-refractivity contribution in [2.45, 2.75) is 32.8 Å². The maximum absolute atomic E-state index is 11.9. The molecule has 4 nitrogen and oxygen atoms in total. The van der Waals surface area contributed by atoms with Crippen LogP contribution in [0.2, 0.25) is 0 Å². The minimum Gasteiger partial charge on any atom is -0.481 e. The van der Waals surface area contributed by atoms with Crippen LogP contribution in [0.15, 0.2) is 28.7 Å². The smallest absolute Gasteiger partial charge is 0.260 e.